The summed E-state index contributed by atoms with van der Waals surface area (Å²) in [5.74, 6) is -0.709. The first-order valence-corrected chi connectivity index (χ1v) is 15.9. The van der Waals surface area contributed by atoms with Gasteiger partial charge in [0.05, 0.1) is 25.4 Å². The van der Waals surface area contributed by atoms with Gasteiger partial charge < -0.3 is 50.5 Å². The summed E-state index contributed by atoms with van der Waals surface area (Å²) in [6.45, 7) is 3.17. The summed E-state index contributed by atoms with van der Waals surface area (Å²) >= 11 is 0. The first-order valence-electron chi connectivity index (χ1n) is 15.9. The number of hydrogen-bond donors (Lipinski definition) is 8. The molecule has 1 saturated heterocycles. The van der Waals surface area contributed by atoms with Gasteiger partial charge in [0.15, 0.2) is 6.29 Å². The van der Waals surface area contributed by atoms with Crippen LogP contribution in [0.3, 0.4) is 0 Å². The molecule has 0 radical (unpaired) electrons. The number of hydrogen-bond acceptors (Lipinski definition) is 10. The molecule has 1 rings (SSSR count). The molecule has 1 aliphatic rings. The van der Waals surface area contributed by atoms with Crippen LogP contribution in [-0.4, -0.2) is 110 Å². The molecule has 41 heavy (non-hydrogen) atoms. The fraction of sp³-hybridized carbons (Fsp3) is 0.967. The number of ether oxygens (including phenoxy) is 2. The van der Waals surface area contributed by atoms with Crippen molar-refractivity contribution in [1.29, 1.82) is 0 Å². The summed E-state index contributed by atoms with van der Waals surface area (Å²) in [5.41, 5.74) is 0. The number of unbranched alkanes of at least 4 members (excludes halogenated alkanes) is 12. The van der Waals surface area contributed by atoms with Gasteiger partial charge in [-0.2, -0.15) is 0 Å². The second kappa shape index (κ2) is 22.6. The fourth-order valence-corrected chi connectivity index (χ4v) is 5.08. The molecule has 244 valence electrons. The Hall–Kier alpha value is -0.890. The van der Waals surface area contributed by atoms with E-state index < -0.39 is 74.2 Å². The molecule has 0 bridgehead atoms. The highest BCUT2D eigenvalue weighted by Gasteiger charge is 2.44. The van der Waals surface area contributed by atoms with Crippen molar-refractivity contribution in [1.82, 2.24) is 5.32 Å². The predicted molar refractivity (Wildman–Crippen MR) is 155 cm³/mol. The van der Waals surface area contributed by atoms with Gasteiger partial charge in [-0.05, 0) is 12.8 Å². The minimum atomic E-state index is -1.65. The summed E-state index contributed by atoms with van der Waals surface area (Å²) in [6, 6.07) is -1.15. The van der Waals surface area contributed by atoms with Crippen LogP contribution >= 0.6 is 0 Å². The van der Waals surface area contributed by atoms with E-state index in [9.17, 15) is 40.5 Å². The van der Waals surface area contributed by atoms with Crippen molar-refractivity contribution in [3.8, 4) is 0 Å². The molecule has 0 spiro atoms. The number of carbonyl (C=O) groups is 1. The molecule has 1 aliphatic heterocycles. The highest BCUT2D eigenvalue weighted by molar-refractivity contribution is 5.80. The van der Waals surface area contributed by atoms with Gasteiger partial charge in [-0.25, -0.2) is 0 Å². The second-order valence-corrected chi connectivity index (χ2v) is 11.5. The summed E-state index contributed by atoms with van der Waals surface area (Å²) < 4.78 is 10.9. The Kier molecular flexibility index (Phi) is 21.0. The van der Waals surface area contributed by atoms with E-state index in [0.717, 1.165) is 32.1 Å². The summed E-state index contributed by atoms with van der Waals surface area (Å²) in [4.78, 5) is 12.8. The number of rotatable bonds is 24. The van der Waals surface area contributed by atoms with Crippen molar-refractivity contribution < 1.29 is 50.0 Å². The first-order chi connectivity index (χ1) is 19.7. The third-order valence-corrected chi connectivity index (χ3v) is 7.91. The zero-order valence-electron chi connectivity index (χ0n) is 25.3. The molecular weight excluding hydrogens is 534 g/mol. The Labute approximate surface area is 246 Å². The van der Waals surface area contributed by atoms with Crippen molar-refractivity contribution in [2.24, 2.45) is 0 Å². The molecule has 9 atom stereocenters. The molecule has 8 N–H and O–H groups in total. The van der Waals surface area contributed by atoms with E-state index in [0.29, 0.717) is 19.3 Å². The Balaban J connectivity index is 2.57. The van der Waals surface area contributed by atoms with Gasteiger partial charge in [0.2, 0.25) is 5.91 Å². The molecule has 0 aromatic rings. The largest absolute Gasteiger partial charge is 0.394 e. The van der Waals surface area contributed by atoms with E-state index in [2.05, 4.69) is 12.2 Å². The highest BCUT2D eigenvalue weighted by atomic mass is 16.7. The van der Waals surface area contributed by atoms with E-state index in [1.54, 1.807) is 0 Å². The molecule has 9 unspecified atom stereocenters. The second-order valence-electron chi connectivity index (χ2n) is 11.5. The lowest BCUT2D eigenvalue weighted by Gasteiger charge is -2.40. The zero-order valence-corrected chi connectivity index (χ0v) is 25.3. The average molecular weight is 594 g/mol. The topological polar surface area (TPSA) is 189 Å². The lowest BCUT2D eigenvalue weighted by Crippen LogP contribution is -2.60. The van der Waals surface area contributed by atoms with E-state index in [-0.39, 0.29) is 6.42 Å². The van der Waals surface area contributed by atoms with Crippen LogP contribution in [0, 0.1) is 0 Å². The summed E-state index contributed by atoms with van der Waals surface area (Å²) in [7, 11) is 0. The maximum absolute atomic E-state index is 12.8. The van der Waals surface area contributed by atoms with Crippen molar-refractivity contribution >= 4 is 5.91 Å². The van der Waals surface area contributed by atoms with E-state index >= 15 is 0 Å². The first kappa shape index (κ1) is 38.1. The third-order valence-electron chi connectivity index (χ3n) is 7.91. The molecule has 1 heterocycles. The van der Waals surface area contributed by atoms with Crippen molar-refractivity contribution in [2.75, 3.05) is 13.2 Å². The van der Waals surface area contributed by atoms with Gasteiger partial charge >= 0.3 is 0 Å². The lowest BCUT2D eigenvalue weighted by molar-refractivity contribution is -0.303. The van der Waals surface area contributed by atoms with Crippen LogP contribution in [0.1, 0.15) is 117 Å². The zero-order chi connectivity index (χ0) is 30.6. The molecule has 0 aromatic heterocycles. The normalized spacial score (nSPS) is 25.9. The SMILES string of the molecule is CCCCCCCCCCCCCC(O)C(=O)NC(COC1OC(CO)C(O)C(O)C1O)C(O)C(O)CCCCC. The summed E-state index contributed by atoms with van der Waals surface area (Å²) in [6.07, 6.45) is 4.27. The molecule has 1 amide bonds. The highest BCUT2D eigenvalue weighted by Crippen LogP contribution is 2.23. The van der Waals surface area contributed by atoms with Crippen LogP contribution in [0.4, 0.5) is 0 Å². The van der Waals surface area contributed by atoms with Gasteiger partial charge in [0.1, 0.15) is 36.6 Å². The number of aliphatic hydroxyl groups is 7. The summed E-state index contributed by atoms with van der Waals surface area (Å²) in [5, 5.41) is 73.9. The minimum Gasteiger partial charge on any atom is -0.394 e. The number of nitrogens with one attached hydrogen (secondary N) is 1. The maximum atomic E-state index is 12.8. The van der Waals surface area contributed by atoms with E-state index in [1.165, 1.54) is 44.9 Å². The van der Waals surface area contributed by atoms with Crippen molar-refractivity contribution in [3.63, 3.8) is 0 Å². The molecule has 11 nitrogen and oxygen atoms in total. The Morgan fingerprint density at radius 1 is 0.756 bits per heavy atom. The molecule has 11 heteroatoms. The minimum absolute atomic E-state index is 0.262. The van der Waals surface area contributed by atoms with E-state index in [1.807, 2.05) is 6.92 Å². The van der Waals surface area contributed by atoms with Crippen molar-refractivity contribution in [2.45, 2.75) is 172 Å². The van der Waals surface area contributed by atoms with Gasteiger partial charge in [-0.3, -0.25) is 4.79 Å². The standard InChI is InChI=1S/C30H59NO10/c1-3-5-7-8-9-10-11-12-13-14-16-18-23(34)29(39)31-21(25(35)22(33)17-15-6-4-2)20-40-30-28(38)27(37)26(36)24(19-32)41-30/h21-28,30,32-38H,3-20H2,1-2H3,(H,31,39). The Morgan fingerprint density at radius 2 is 1.27 bits per heavy atom. The Morgan fingerprint density at radius 3 is 1.83 bits per heavy atom. The average Bonchev–Trinajstić information content (AvgIpc) is 2.97. The Bertz CT molecular complexity index is 655. The fourth-order valence-electron chi connectivity index (χ4n) is 5.08. The van der Waals surface area contributed by atoms with Crippen LogP contribution in [-0.2, 0) is 14.3 Å². The molecular formula is C30H59NO10. The predicted octanol–water partition coefficient (Wildman–Crippen LogP) is 1.65. The maximum Gasteiger partial charge on any atom is 0.249 e. The van der Waals surface area contributed by atoms with Gasteiger partial charge in [0.25, 0.3) is 0 Å². The monoisotopic (exact) mass is 593 g/mol. The van der Waals surface area contributed by atoms with Gasteiger partial charge in [-0.1, -0.05) is 104 Å². The van der Waals surface area contributed by atoms with Crippen LogP contribution in [0.25, 0.3) is 0 Å². The third kappa shape index (κ3) is 14.9. The lowest BCUT2D eigenvalue weighted by atomic mass is 9.98. The van der Waals surface area contributed by atoms with Crippen LogP contribution in [0.5, 0.6) is 0 Å². The van der Waals surface area contributed by atoms with Crippen LogP contribution < -0.4 is 5.32 Å². The van der Waals surface area contributed by atoms with Crippen LogP contribution in [0.2, 0.25) is 0 Å². The number of carbonyl (C=O) groups excluding carboxylic acids is 1. The van der Waals surface area contributed by atoms with E-state index in [4.69, 9.17) is 9.47 Å². The molecule has 0 saturated carbocycles. The molecule has 0 aromatic carbocycles. The molecule has 0 aliphatic carbocycles. The van der Waals surface area contributed by atoms with Crippen LogP contribution in [0.15, 0.2) is 0 Å². The van der Waals surface area contributed by atoms with Crippen molar-refractivity contribution in [3.05, 3.63) is 0 Å². The quantitative estimate of drug-likeness (QED) is 0.0764. The number of amides is 1. The number of aliphatic hydroxyl groups excluding tert-OH is 7. The molecule has 1 fully saturated rings. The van der Waals surface area contributed by atoms with Gasteiger partial charge in [0, 0.05) is 0 Å². The van der Waals surface area contributed by atoms with Gasteiger partial charge in [-0.15, -0.1) is 0 Å². The smallest absolute Gasteiger partial charge is 0.249 e.